The van der Waals surface area contributed by atoms with Crippen LogP contribution in [-0.2, 0) is 6.42 Å². The van der Waals surface area contributed by atoms with Crippen LogP contribution in [-0.4, -0.2) is 30.1 Å². The summed E-state index contributed by atoms with van der Waals surface area (Å²) in [5.74, 6) is 3.68. The minimum absolute atomic E-state index is 0.711. The molecule has 114 valence electrons. The van der Waals surface area contributed by atoms with Gasteiger partial charge in [-0.3, -0.25) is 0 Å². The third-order valence-electron chi connectivity index (χ3n) is 3.43. The summed E-state index contributed by atoms with van der Waals surface area (Å²) >= 11 is 0. The first-order chi connectivity index (χ1) is 9.49. The lowest BCUT2D eigenvalue weighted by molar-refractivity contribution is 0.582. The minimum Gasteiger partial charge on any atom is -0.370 e. The van der Waals surface area contributed by atoms with Gasteiger partial charge in [0.15, 0.2) is 0 Å². The lowest BCUT2D eigenvalue weighted by Crippen LogP contribution is -2.23. The Kier molecular flexibility index (Phi) is 6.76. The first-order valence-corrected chi connectivity index (χ1v) is 7.82. The summed E-state index contributed by atoms with van der Waals surface area (Å²) in [6, 6.07) is 0. The molecule has 0 atom stereocenters. The Morgan fingerprint density at radius 1 is 1.20 bits per heavy atom. The Labute approximate surface area is 124 Å². The molecule has 4 nitrogen and oxygen atoms in total. The molecule has 1 rings (SSSR count). The molecule has 0 saturated carbocycles. The highest BCUT2D eigenvalue weighted by atomic mass is 15.2. The van der Waals surface area contributed by atoms with E-state index in [0.717, 1.165) is 49.0 Å². The molecular formula is C16H30N4. The van der Waals surface area contributed by atoms with Crippen molar-refractivity contribution in [2.24, 2.45) is 5.92 Å². The maximum absolute atomic E-state index is 4.71. The summed E-state index contributed by atoms with van der Waals surface area (Å²) in [5.41, 5.74) is 1.15. The quantitative estimate of drug-likeness (QED) is 0.788. The molecule has 1 aromatic rings. The monoisotopic (exact) mass is 278 g/mol. The van der Waals surface area contributed by atoms with Gasteiger partial charge in [0.2, 0.25) is 0 Å². The van der Waals surface area contributed by atoms with Gasteiger partial charge >= 0.3 is 0 Å². The van der Waals surface area contributed by atoms with Gasteiger partial charge in [0.25, 0.3) is 0 Å². The molecule has 0 aromatic carbocycles. The fourth-order valence-corrected chi connectivity index (χ4v) is 2.05. The topological polar surface area (TPSA) is 41.1 Å². The van der Waals surface area contributed by atoms with Crippen LogP contribution < -0.4 is 10.2 Å². The molecule has 0 spiro atoms. The second kappa shape index (κ2) is 8.08. The van der Waals surface area contributed by atoms with E-state index >= 15 is 0 Å². The standard InChI is InChI=1S/C16H30N4/c1-7-10-17-15-13(5)16(19-14(8-2)18-15)20(6)11-9-12(3)4/h12H,7-11H2,1-6H3,(H,17,18,19). The highest BCUT2D eigenvalue weighted by Gasteiger charge is 2.13. The molecule has 1 aromatic heterocycles. The third kappa shape index (κ3) is 4.66. The molecule has 0 aliphatic heterocycles. The molecule has 20 heavy (non-hydrogen) atoms. The molecule has 1 N–H and O–H groups in total. The van der Waals surface area contributed by atoms with Crippen molar-refractivity contribution in [3.63, 3.8) is 0 Å². The zero-order valence-electron chi connectivity index (χ0n) is 14.0. The number of nitrogens with one attached hydrogen (secondary N) is 1. The van der Waals surface area contributed by atoms with Crippen molar-refractivity contribution in [1.82, 2.24) is 9.97 Å². The van der Waals surface area contributed by atoms with E-state index < -0.39 is 0 Å². The van der Waals surface area contributed by atoms with Crippen molar-refractivity contribution in [1.29, 1.82) is 0 Å². The predicted octanol–water partition coefficient (Wildman–Crippen LogP) is 3.65. The van der Waals surface area contributed by atoms with Gasteiger partial charge in [-0.25, -0.2) is 9.97 Å². The van der Waals surface area contributed by atoms with Crippen LogP contribution in [0.25, 0.3) is 0 Å². The van der Waals surface area contributed by atoms with E-state index in [4.69, 9.17) is 4.98 Å². The summed E-state index contributed by atoms with van der Waals surface area (Å²) in [6.07, 6.45) is 3.15. The molecule has 1 heterocycles. The number of hydrogen-bond donors (Lipinski definition) is 1. The summed E-state index contributed by atoms with van der Waals surface area (Å²) < 4.78 is 0. The fourth-order valence-electron chi connectivity index (χ4n) is 2.05. The zero-order chi connectivity index (χ0) is 15.1. The second-order valence-corrected chi connectivity index (χ2v) is 5.82. The smallest absolute Gasteiger partial charge is 0.137 e. The van der Waals surface area contributed by atoms with Gasteiger partial charge in [-0.05, 0) is 25.7 Å². The lowest BCUT2D eigenvalue weighted by atomic mass is 10.1. The van der Waals surface area contributed by atoms with Crippen LogP contribution in [0.1, 0.15) is 51.9 Å². The van der Waals surface area contributed by atoms with Gasteiger partial charge in [-0.15, -0.1) is 0 Å². The number of nitrogens with zero attached hydrogens (tertiary/aromatic N) is 3. The van der Waals surface area contributed by atoms with Crippen molar-refractivity contribution >= 4 is 11.6 Å². The lowest BCUT2D eigenvalue weighted by Gasteiger charge is -2.23. The molecule has 0 aliphatic carbocycles. The number of rotatable bonds is 8. The van der Waals surface area contributed by atoms with Crippen molar-refractivity contribution < 1.29 is 0 Å². The Balaban J connectivity index is 2.97. The van der Waals surface area contributed by atoms with Gasteiger partial charge in [0.05, 0.1) is 0 Å². The average molecular weight is 278 g/mol. The molecule has 0 aliphatic rings. The van der Waals surface area contributed by atoms with Crippen molar-refractivity contribution in [3.8, 4) is 0 Å². The molecule has 0 fully saturated rings. The molecule has 0 saturated heterocycles. The molecule has 4 heteroatoms. The van der Waals surface area contributed by atoms with Gasteiger partial charge in [0.1, 0.15) is 17.5 Å². The Morgan fingerprint density at radius 2 is 1.90 bits per heavy atom. The van der Waals surface area contributed by atoms with Crippen LogP contribution in [0, 0.1) is 12.8 Å². The molecule has 0 radical (unpaired) electrons. The van der Waals surface area contributed by atoms with E-state index in [-0.39, 0.29) is 0 Å². The van der Waals surface area contributed by atoms with Crippen LogP contribution in [0.4, 0.5) is 11.6 Å². The molecule has 0 amide bonds. The van der Waals surface area contributed by atoms with Crippen LogP contribution in [0.15, 0.2) is 0 Å². The fraction of sp³-hybridized carbons (Fsp3) is 0.750. The van der Waals surface area contributed by atoms with Crippen LogP contribution in [0.2, 0.25) is 0 Å². The SMILES string of the molecule is CCCNc1nc(CC)nc(N(C)CCC(C)C)c1C. The Bertz CT molecular complexity index is 415. The van der Waals surface area contributed by atoms with Gasteiger partial charge in [0, 0.05) is 32.1 Å². The summed E-state index contributed by atoms with van der Waals surface area (Å²) in [5, 5.41) is 3.42. The highest BCUT2D eigenvalue weighted by molar-refractivity contribution is 5.58. The van der Waals surface area contributed by atoms with E-state index in [1.165, 1.54) is 6.42 Å². The number of aryl methyl sites for hydroxylation is 1. The summed E-state index contributed by atoms with van der Waals surface area (Å²) in [7, 11) is 2.13. The summed E-state index contributed by atoms with van der Waals surface area (Å²) in [4.78, 5) is 11.6. The van der Waals surface area contributed by atoms with E-state index in [9.17, 15) is 0 Å². The second-order valence-electron chi connectivity index (χ2n) is 5.82. The van der Waals surface area contributed by atoms with Crippen molar-refractivity contribution in [2.45, 2.75) is 53.9 Å². The number of hydrogen-bond acceptors (Lipinski definition) is 4. The van der Waals surface area contributed by atoms with E-state index in [1.54, 1.807) is 0 Å². The largest absolute Gasteiger partial charge is 0.370 e. The van der Waals surface area contributed by atoms with Crippen LogP contribution in [0.3, 0.4) is 0 Å². The average Bonchev–Trinajstić information content (AvgIpc) is 2.43. The molecule has 0 bridgehead atoms. The third-order valence-corrected chi connectivity index (χ3v) is 3.43. The van der Waals surface area contributed by atoms with Gasteiger partial charge < -0.3 is 10.2 Å². The molecular weight excluding hydrogens is 248 g/mol. The highest BCUT2D eigenvalue weighted by Crippen LogP contribution is 2.23. The van der Waals surface area contributed by atoms with Crippen molar-refractivity contribution in [3.05, 3.63) is 11.4 Å². The van der Waals surface area contributed by atoms with Gasteiger partial charge in [-0.1, -0.05) is 27.7 Å². The van der Waals surface area contributed by atoms with Crippen LogP contribution >= 0.6 is 0 Å². The Hall–Kier alpha value is -1.32. The minimum atomic E-state index is 0.711. The van der Waals surface area contributed by atoms with E-state index in [0.29, 0.717) is 5.92 Å². The number of aromatic nitrogens is 2. The first kappa shape index (κ1) is 16.7. The maximum Gasteiger partial charge on any atom is 0.137 e. The van der Waals surface area contributed by atoms with Crippen molar-refractivity contribution in [2.75, 3.05) is 30.4 Å². The number of anilines is 2. The van der Waals surface area contributed by atoms with E-state index in [2.05, 4.69) is 56.9 Å². The van der Waals surface area contributed by atoms with Crippen LogP contribution in [0.5, 0.6) is 0 Å². The van der Waals surface area contributed by atoms with Gasteiger partial charge in [-0.2, -0.15) is 0 Å². The predicted molar refractivity (Wildman–Crippen MR) is 87.7 cm³/mol. The van der Waals surface area contributed by atoms with E-state index in [1.807, 2.05) is 0 Å². The Morgan fingerprint density at radius 3 is 2.45 bits per heavy atom. The first-order valence-electron chi connectivity index (χ1n) is 7.82. The zero-order valence-corrected chi connectivity index (χ0v) is 14.0. The summed E-state index contributed by atoms with van der Waals surface area (Å²) in [6.45, 7) is 12.9. The molecule has 0 unspecified atom stereocenters. The normalized spacial score (nSPS) is 10.9. The maximum atomic E-state index is 4.71.